The zero-order chi connectivity index (χ0) is 38.0. The fourth-order valence-corrected chi connectivity index (χ4v) is 6.71. The van der Waals surface area contributed by atoms with Gasteiger partial charge in [-0.2, -0.15) is 0 Å². The number of ether oxygens (including phenoxy) is 2. The summed E-state index contributed by atoms with van der Waals surface area (Å²) in [5, 5.41) is 0. The molecule has 0 saturated carbocycles. The van der Waals surface area contributed by atoms with Crippen molar-refractivity contribution in [1.82, 2.24) is 0 Å². The molecule has 0 aromatic heterocycles. The monoisotopic (exact) mass is 784 g/mol. The molecule has 0 amide bonds. The van der Waals surface area contributed by atoms with Crippen LogP contribution in [0.15, 0.2) is 47.4 Å². The number of unbranched alkanes of at least 4 members (excludes halogenated alkanes) is 24. The van der Waals surface area contributed by atoms with E-state index >= 15 is 0 Å². The van der Waals surface area contributed by atoms with Gasteiger partial charge in [-0.15, -0.1) is 0 Å². The fraction of sp³-hybridized carbons (Fsp3) is 0.727. The van der Waals surface area contributed by atoms with Crippen LogP contribution in [0.1, 0.15) is 214 Å². The van der Waals surface area contributed by atoms with Crippen LogP contribution in [-0.4, -0.2) is 38.1 Å². The molecule has 0 aliphatic carbocycles. The Bertz CT molecular complexity index is 1210. The number of allylic oxidation sites excluding steroid dienone is 4. The topological polar surface area (TPSA) is 110 Å². The van der Waals surface area contributed by atoms with Gasteiger partial charge in [0.15, 0.2) is 0 Å². The van der Waals surface area contributed by atoms with Crippen LogP contribution in [0.2, 0.25) is 0 Å². The SMILES string of the molecule is CCCCCCCCCC/C=C/CCCCCCOC(=O)c1ccc(S(=O)(=O)[O-])cc1C(=O)OCCCCCC/C=C/CCCCCCCCCC.[K+]. The van der Waals surface area contributed by atoms with Crippen LogP contribution in [0, 0.1) is 0 Å². The minimum atomic E-state index is -4.82. The van der Waals surface area contributed by atoms with E-state index in [4.69, 9.17) is 9.47 Å². The molecule has 0 unspecified atom stereocenters. The van der Waals surface area contributed by atoms with Gasteiger partial charge in [0.2, 0.25) is 0 Å². The van der Waals surface area contributed by atoms with Gasteiger partial charge in [0.1, 0.15) is 10.1 Å². The molecule has 0 heterocycles. The normalized spacial score (nSPS) is 11.7. The van der Waals surface area contributed by atoms with Crippen molar-refractivity contribution in [1.29, 1.82) is 0 Å². The van der Waals surface area contributed by atoms with Crippen molar-refractivity contribution in [3.05, 3.63) is 53.6 Å². The molecule has 1 rings (SSSR count). The van der Waals surface area contributed by atoms with Gasteiger partial charge in [-0.25, -0.2) is 18.0 Å². The van der Waals surface area contributed by atoms with Gasteiger partial charge >= 0.3 is 63.3 Å². The first-order valence-corrected chi connectivity index (χ1v) is 22.5. The number of carbonyl (C=O) groups excluding carboxylic acids is 2. The number of benzene rings is 1. The van der Waals surface area contributed by atoms with E-state index in [1.807, 2.05) is 0 Å². The molecule has 0 atom stereocenters. The second-order valence-electron chi connectivity index (χ2n) is 14.3. The molecule has 1 aromatic rings. The van der Waals surface area contributed by atoms with Crippen LogP contribution < -0.4 is 51.4 Å². The summed E-state index contributed by atoms with van der Waals surface area (Å²) in [4.78, 5) is 25.2. The van der Waals surface area contributed by atoms with Crippen molar-refractivity contribution in [2.75, 3.05) is 13.2 Å². The van der Waals surface area contributed by atoms with Gasteiger partial charge in [0.05, 0.1) is 29.2 Å². The van der Waals surface area contributed by atoms with E-state index in [-0.39, 0.29) is 75.7 Å². The molecule has 7 nitrogen and oxygen atoms in total. The second kappa shape index (κ2) is 36.8. The van der Waals surface area contributed by atoms with E-state index in [2.05, 4.69) is 38.2 Å². The Morgan fingerprint density at radius 3 is 1.19 bits per heavy atom. The number of rotatable bonds is 35. The standard InChI is InChI=1S/C44H74O7S.K/c1-3-5-7-9-11-13-15-17-19-21-23-25-27-29-31-33-37-50-43(45)41-36-35-40(52(47,48)49)39-42(41)44(46)51-38-34-32-30-28-26-24-22-20-18-16-14-12-10-8-6-4-2;/h21-24,35-36,39H,3-20,25-34,37-38H2,1-2H3,(H,47,48,49);/q;+1/p-1/b23-21+,24-22+;. The Balaban J connectivity index is 0.0000270. The van der Waals surface area contributed by atoms with Crippen LogP contribution in [0.25, 0.3) is 0 Å². The quantitative estimate of drug-likeness (QED) is 0.0222. The summed E-state index contributed by atoms with van der Waals surface area (Å²) in [6.07, 6.45) is 42.2. The molecule has 0 spiro atoms. The van der Waals surface area contributed by atoms with Crippen molar-refractivity contribution in [3.63, 3.8) is 0 Å². The van der Waals surface area contributed by atoms with Crippen LogP contribution in [-0.2, 0) is 19.6 Å². The second-order valence-corrected chi connectivity index (χ2v) is 15.7. The van der Waals surface area contributed by atoms with E-state index < -0.39 is 27.0 Å². The Morgan fingerprint density at radius 2 is 0.830 bits per heavy atom. The van der Waals surface area contributed by atoms with Crippen molar-refractivity contribution < 1.29 is 83.4 Å². The van der Waals surface area contributed by atoms with Crippen molar-refractivity contribution in [2.24, 2.45) is 0 Å². The van der Waals surface area contributed by atoms with Crippen LogP contribution in [0.4, 0.5) is 0 Å². The van der Waals surface area contributed by atoms with Crippen molar-refractivity contribution in [3.8, 4) is 0 Å². The van der Waals surface area contributed by atoms with E-state index in [1.165, 1.54) is 103 Å². The molecule has 0 bridgehead atoms. The largest absolute Gasteiger partial charge is 1.00 e. The minimum absolute atomic E-state index is 0. The van der Waals surface area contributed by atoms with Crippen LogP contribution in [0.5, 0.6) is 0 Å². The number of hydrogen-bond donors (Lipinski definition) is 0. The third-order valence-electron chi connectivity index (χ3n) is 9.50. The predicted molar refractivity (Wildman–Crippen MR) is 214 cm³/mol. The Morgan fingerprint density at radius 1 is 0.509 bits per heavy atom. The molecule has 0 aliphatic rings. The molecule has 0 radical (unpaired) electrons. The summed E-state index contributed by atoms with van der Waals surface area (Å²) < 4.78 is 45.7. The van der Waals surface area contributed by atoms with Gasteiger partial charge in [-0.1, -0.05) is 154 Å². The summed E-state index contributed by atoms with van der Waals surface area (Å²) in [7, 11) is -4.82. The van der Waals surface area contributed by atoms with E-state index in [0.717, 1.165) is 82.4 Å². The molecule has 1 aromatic carbocycles. The van der Waals surface area contributed by atoms with E-state index in [0.29, 0.717) is 12.8 Å². The number of esters is 2. The maximum Gasteiger partial charge on any atom is 1.00 e. The van der Waals surface area contributed by atoms with Crippen molar-refractivity contribution >= 4 is 22.1 Å². The number of carbonyl (C=O) groups is 2. The van der Waals surface area contributed by atoms with E-state index in [1.54, 1.807) is 0 Å². The average Bonchev–Trinajstić information content (AvgIpc) is 3.13. The molecule has 0 fully saturated rings. The molecule has 298 valence electrons. The summed E-state index contributed by atoms with van der Waals surface area (Å²) in [6, 6.07) is 3.11. The summed E-state index contributed by atoms with van der Waals surface area (Å²) in [6.45, 7) is 4.84. The predicted octanol–water partition coefficient (Wildman–Crippen LogP) is 9.98. The molecular weight excluding hydrogens is 712 g/mol. The maximum atomic E-state index is 12.9. The Kier molecular flexibility index (Phi) is 36.2. The van der Waals surface area contributed by atoms with Crippen LogP contribution in [0.3, 0.4) is 0 Å². The molecular formula is C44H73KO7S. The zero-order valence-corrected chi connectivity index (χ0v) is 38.0. The van der Waals surface area contributed by atoms with Gasteiger partial charge in [0, 0.05) is 0 Å². The first kappa shape index (κ1) is 52.2. The first-order chi connectivity index (χ1) is 25.3. The molecule has 0 saturated heterocycles. The third-order valence-corrected chi connectivity index (χ3v) is 10.3. The molecule has 0 N–H and O–H groups in total. The fourth-order valence-electron chi connectivity index (χ4n) is 6.21. The summed E-state index contributed by atoms with van der Waals surface area (Å²) in [5.74, 6) is -1.57. The maximum absolute atomic E-state index is 12.9. The summed E-state index contributed by atoms with van der Waals surface area (Å²) in [5.41, 5.74) is -0.361. The van der Waals surface area contributed by atoms with Gasteiger partial charge in [-0.3, -0.25) is 0 Å². The number of hydrogen-bond acceptors (Lipinski definition) is 7. The van der Waals surface area contributed by atoms with Gasteiger partial charge < -0.3 is 14.0 Å². The third kappa shape index (κ3) is 30.1. The van der Waals surface area contributed by atoms with Gasteiger partial charge in [-0.05, 0) is 82.4 Å². The zero-order valence-electron chi connectivity index (χ0n) is 34.0. The smallest absolute Gasteiger partial charge is 0.744 e. The molecule has 53 heavy (non-hydrogen) atoms. The van der Waals surface area contributed by atoms with Gasteiger partial charge in [0.25, 0.3) is 0 Å². The first-order valence-electron chi connectivity index (χ1n) is 21.0. The van der Waals surface area contributed by atoms with E-state index in [9.17, 15) is 22.6 Å². The molecule has 9 heteroatoms. The molecule has 0 aliphatic heterocycles. The minimum Gasteiger partial charge on any atom is -0.744 e. The van der Waals surface area contributed by atoms with Crippen molar-refractivity contribution in [2.45, 2.75) is 199 Å². The summed E-state index contributed by atoms with van der Waals surface area (Å²) >= 11 is 0. The Hall–Kier alpha value is -0.814. The average molecular weight is 785 g/mol. The Labute approximate surface area is 367 Å². The van der Waals surface area contributed by atoms with Crippen LogP contribution >= 0.6 is 0 Å².